The molecule has 0 amide bonds. The van der Waals surface area contributed by atoms with Crippen LogP contribution in [-0.2, 0) is 5.41 Å². The summed E-state index contributed by atoms with van der Waals surface area (Å²) in [5, 5.41) is 14.5. The number of anilines is 1. The van der Waals surface area contributed by atoms with Gasteiger partial charge in [0.05, 0.1) is 4.92 Å². The van der Waals surface area contributed by atoms with E-state index < -0.39 is 0 Å². The Bertz CT molecular complexity index is 476. The maximum absolute atomic E-state index is 11.3. The number of nitro benzene ring substituents is 1. The van der Waals surface area contributed by atoms with E-state index in [-0.39, 0.29) is 22.1 Å². The van der Waals surface area contributed by atoms with Crippen molar-refractivity contribution in [1.29, 1.82) is 0 Å². The molecule has 0 aliphatic rings. The quantitative estimate of drug-likeness (QED) is 0.647. The van der Waals surface area contributed by atoms with Crippen LogP contribution in [0.5, 0.6) is 0 Å². The molecule has 1 aromatic carbocycles. The van der Waals surface area contributed by atoms with Gasteiger partial charge in [-0.25, -0.2) is 0 Å². The summed E-state index contributed by atoms with van der Waals surface area (Å²) in [5.41, 5.74) is 2.65. The normalized spacial score (nSPS) is 13.2. The number of nitrogens with one attached hydrogen (secondary N) is 1. The molecule has 1 rings (SSSR count). The third-order valence-electron chi connectivity index (χ3n) is 3.38. The van der Waals surface area contributed by atoms with Crippen LogP contribution in [0.25, 0.3) is 0 Å². The largest absolute Gasteiger partial charge is 0.377 e. The van der Waals surface area contributed by atoms with E-state index in [4.69, 9.17) is 0 Å². The standard InChI is InChI=1S/C15H24N2O2/c1-7-11(3)16-14-10(2)8-12(15(4,5)6)9-13(14)17(18)19/h8-9,11,16H,7H2,1-6H3. The number of aryl methyl sites for hydroxylation is 1. The molecule has 1 atom stereocenters. The maximum Gasteiger partial charge on any atom is 0.292 e. The van der Waals surface area contributed by atoms with Crippen molar-refractivity contribution < 1.29 is 4.92 Å². The van der Waals surface area contributed by atoms with E-state index in [2.05, 4.69) is 33.0 Å². The van der Waals surface area contributed by atoms with Gasteiger partial charge in [-0.2, -0.15) is 0 Å². The van der Waals surface area contributed by atoms with E-state index in [0.717, 1.165) is 17.5 Å². The first-order chi connectivity index (χ1) is 8.66. The fourth-order valence-corrected chi connectivity index (χ4v) is 1.88. The number of nitro groups is 1. The molecule has 0 saturated heterocycles. The SMILES string of the molecule is CCC(C)Nc1c(C)cc(C(C)(C)C)cc1[N+](=O)[O-]. The van der Waals surface area contributed by atoms with Gasteiger partial charge in [-0.15, -0.1) is 0 Å². The topological polar surface area (TPSA) is 55.2 Å². The molecule has 1 aromatic rings. The fourth-order valence-electron chi connectivity index (χ4n) is 1.88. The molecule has 4 nitrogen and oxygen atoms in total. The monoisotopic (exact) mass is 264 g/mol. The lowest BCUT2D eigenvalue weighted by Crippen LogP contribution is -2.17. The molecule has 19 heavy (non-hydrogen) atoms. The summed E-state index contributed by atoms with van der Waals surface area (Å²) in [5.74, 6) is 0. The average Bonchev–Trinajstić information content (AvgIpc) is 2.29. The number of hydrogen-bond acceptors (Lipinski definition) is 3. The van der Waals surface area contributed by atoms with Crippen LogP contribution in [0.15, 0.2) is 12.1 Å². The predicted molar refractivity (Wildman–Crippen MR) is 79.9 cm³/mol. The smallest absolute Gasteiger partial charge is 0.292 e. The van der Waals surface area contributed by atoms with Gasteiger partial charge in [-0.1, -0.05) is 33.8 Å². The Morgan fingerprint density at radius 2 is 1.95 bits per heavy atom. The minimum atomic E-state index is -0.299. The molecule has 0 bridgehead atoms. The van der Waals surface area contributed by atoms with Crippen LogP contribution in [0.3, 0.4) is 0 Å². The first-order valence-corrected chi connectivity index (χ1v) is 6.72. The lowest BCUT2D eigenvalue weighted by molar-refractivity contribution is -0.384. The average molecular weight is 264 g/mol. The molecule has 0 radical (unpaired) electrons. The van der Waals surface area contributed by atoms with E-state index in [0.29, 0.717) is 5.69 Å². The maximum atomic E-state index is 11.3. The molecular formula is C15H24N2O2. The van der Waals surface area contributed by atoms with Crippen LogP contribution >= 0.6 is 0 Å². The summed E-state index contributed by atoms with van der Waals surface area (Å²) in [6.07, 6.45) is 0.928. The second kappa shape index (κ2) is 5.59. The fraction of sp³-hybridized carbons (Fsp3) is 0.600. The van der Waals surface area contributed by atoms with Crippen LogP contribution in [0, 0.1) is 17.0 Å². The second-order valence-electron chi connectivity index (χ2n) is 6.15. The molecule has 0 heterocycles. The van der Waals surface area contributed by atoms with E-state index in [1.807, 2.05) is 19.9 Å². The van der Waals surface area contributed by atoms with Crippen molar-refractivity contribution in [2.24, 2.45) is 0 Å². The number of nitrogens with zero attached hydrogens (tertiary/aromatic N) is 1. The third-order valence-corrected chi connectivity index (χ3v) is 3.38. The van der Waals surface area contributed by atoms with Gasteiger partial charge in [0.2, 0.25) is 0 Å². The third kappa shape index (κ3) is 3.69. The Labute approximate surface area is 115 Å². The molecule has 1 N–H and O–H groups in total. The Kier molecular flexibility index (Phi) is 4.56. The molecule has 1 unspecified atom stereocenters. The highest BCUT2D eigenvalue weighted by Crippen LogP contribution is 2.35. The number of benzene rings is 1. The number of rotatable bonds is 4. The van der Waals surface area contributed by atoms with Gasteiger partial charge in [0.15, 0.2) is 0 Å². The first kappa shape index (κ1) is 15.5. The van der Waals surface area contributed by atoms with Gasteiger partial charge in [-0.05, 0) is 36.8 Å². The summed E-state index contributed by atoms with van der Waals surface area (Å²) in [6.45, 7) is 12.2. The lowest BCUT2D eigenvalue weighted by Gasteiger charge is -2.22. The van der Waals surface area contributed by atoms with Crippen molar-refractivity contribution in [2.45, 2.75) is 59.4 Å². The van der Waals surface area contributed by atoms with Gasteiger partial charge in [0, 0.05) is 12.1 Å². The van der Waals surface area contributed by atoms with Gasteiger partial charge < -0.3 is 5.32 Å². The molecule has 0 aromatic heterocycles. The molecule has 0 fully saturated rings. The number of hydrogen-bond donors (Lipinski definition) is 1. The van der Waals surface area contributed by atoms with E-state index in [9.17, 15) is 10.1 Å². The van der Waals surface area contributed by atoms with E-state index >= 15 is 0 Å². The van der Waals surface area contributed by atoms with Crippen molar-refractivity contribution in [3.05, 3.63) is 33.4 Å². The van der Waals surface area contributed by atoms with Crippen molar-refractivity contribution >= 4 is 11.4 Å². The first-order valence-electron chi connectivity index (χ1n) is 6.72. The van der Waals surface area contributed by atoms with Crippen LogP contribution < -0.4 is 5.32 Å². The molecule has 0 spiro atoms. The summed E-state index contributed by atoms with van der Waals surface area (Å²) in [7, 11) is 0. The molecule has 0 aliphatic heterocycles. The van der Waals surface area contributed by atoms with E-state index in [1.165, 1.54) is 0 Å². The summed E-state index contributed by atoms with van der Waals surface area (Å²) < 4.78 is 0. The van der Waals surface area contributed by atoms with Crippen molar-refractivity contribution in [2.75, 3.05) is 5.32 Å². The molecule has 4 heteroatoms. The van der Waals surface area contributed by atoms with E-state index in [1.54, 1.807) is 6.07 Å². The van der Waals surface area contributed by atoms with Gasteiger partial charge in [0.1, 0.15) is 5.69 Å². The van der Waals surface area contributed by atoms with Crippen molar-refractivity contribution in [3.63, 3.8) is 0 Å². The minimum Gasteiger partial charge on any atom is -0.377 e. The summed E-state index contributed by atoms with van der Waals surface area (Å²) in [4.78, 5) is 11.0. The highest BCUT2D eigenvalue weighted by Gasteiger charge is 2.23. The van der Waals surface area contributed by atoms with Crippen LogP contribution in [0.2, 0.25) is 0 Å². The molecule has 106 valence electrons. The predicted octanol–water partition coefficient (Wildman–Crippen LogP) is 4.41. The van der Waals surface area contributed by atoms with Gasteiger partial charge >= 0.3 is 0 Å². The summed E-state index contributed by atoms with van der Waals surface area (Å²) >= 11 is 0. The molecular weight excluding hydrogens is 240 g/mol. The Hall–Kier alpha value is -1.58. The Morgan fingerprint density at radius 3 is 2.37 bits per heavy atom. The van der Waals surface area contributed by atoms with Crippen LogP contribution in [-0.4, -0.2) is 11.0 Å². The summed E-state index contributed by atoms with van der Waals surface area (Å²) in [6, 6.07) is 3.95. The van der Waals surface area contributed by atoms with Crippen LogP contribution in [0.1, 0.15) is 52.2 Å². The lowest BCUT2D eigenvalue weighted by atomic mass is 9.85. The second-order valence-corrected chi connectivity index (χ2v) is 6.15. The molecule has 0 aliphatic carbocycles. The van der Waals surface area contributed by atoms with Crippen molar-refractivity contribution in [3.8, 4) is 0 Å². The van der Waals surface area contributed by atoms with Gasteiger partial charge in [0.25, 0.3) is 5.69 Å². The van der Waals surface area contributed by atoms with Gasteiger partial charge in [-0.3, -0.25) is 10.1 Å². The van der Waals surface area contributed by atoms with Crippen LogP contribution in [0.4, 0.5) is 11.4 Å². The molecule has 0 saturated carbocycles. The Morgan fingerprint density at radius 1 is 1.37 bits per heavy atom. The zero-order valence-electron chi connectivity index (χ0n) is 12.7. The highest BCUT2D eigenvalue weighted by molar-refractivity contribution is 5.68. The minimum absolute atomic E-state index is 0.0928. The zero-order chi connectivity index (χ0) is 14.8. The Balaban J connectivity index is 3.35. The highest BCUT2D eigenvalue weighted by atomic mass is 16.6. The van der Waals surface area contributed by atoms with Crippen molar-refractivity contribution in [1.82, 2.24) is 0 Å². The zero-order valence-corrected chi connectivity index (χ0v) is 12.7.